The maximum absolute atomic E-state index is 12.9. The Morgan fingerprint density at radius 2 is 1.92 bits per heavy atom. The molecule has 2 fully saturated rings. The van der Waals surface area contributed by atoms with E-state index in [1.165, 1.54) is 16.8 Å². The van der Waals surface area contributed by atoms with Crippen LogP contribution in [0.15, 0.2) is 18.2 Å². The van der Waals surface area contributed by atoms with Crippen LogP contribution >= 0.6 is 11.6 Å². The lowest BCUT2D eigenvalue weighted by molar-refractivity contribution is -0.140. The molecule has 138 valence electrons. The number of likely N-dealkylation sites (tertiary alicyclic amines) is 1. The fourth-order valence-electron chi connectivity index (χ4n) is 4.30. The van der Waals surface area contributed by atoms with Crippen molar-refractivity contribution in [1.82, 2.24) is 14.7 Å². The number of hydrogen-bond donors (Lipinski definition) is 1. The first-order valence-electron chi connectivity index (χ1n) is 8.73. The normalized spacial score (nSPS) is 24.3. The lowest BCUT2D eigenvalue weighted by atomic mass is 9.86. The number of amides is 4. The summed E-state index contributed by atoms with van der Waals surface area (Å²) in [5.74, 6) is -0.141. The van der Waals surface area contributed by atoms with E-state index in [2.05, 4.69) is 5.32 Å². The molecule has 4 amide bonds. The Balaban J connectivity index is 1.44. The van der Waals surface area contributed by atoms with E-state index in [-0.39, 0.29) is 23.9 Å². The van der Waals surface area contributed by atoms with Crippen LogP contribution in [-0.4, -0.2) is 71.3 Å². The van der Waals surface area contributed by atoms with Gasteiger partial charge < -0.3 is 15.1 Å². The molecule has 8 heteroatoms. The summed E-state index contributed by atoms with van der Waals surface area (Å²) in [6, 6.07) is 5.00. The minimum Gasteiger partial charge on any atom is -0.373 e. The molecular formula is C18H21ClN4O3. The van der Waals surface area contributed by atoms with Gasteiger partial charge in [-0.3, -0.25) is 14.5 Å². The smallest absolute Gasteiger partial charge is 0.327 e. The number of imide groups is 1. The molecule has 1 unspecified atom stereocenters. The van der Waals surface area contributed by atoms with E-state index in [9.17, 15) is 14.4 Å². The van der Waals surface area contributed by atoms with Crippen LogP contribution < -0.4 is 5.32 Å². The van der Waals surface area contributed by atoms with E-state index in [0.717, 1.165) is 11.3 Å². The van der Waals surface area contributed by atoms with Gasteiger partial charge in [0, 0.05) is 44.3 Å². The molecule has 3 aliphatic heterocycles. The molecule has 1 aromatic carbocycles. The molecule has 0 saturated carbocycles. The Morgan fingerprint density at radius 3 is 2.54 bits per heavy atom. The van der Waals surface area contributed by atoms with E-state index < -0.39 is 5.54 Å². The first-order valence-corrected chi connectivity index (χ1v) is 9.11. The van der Waals surface area contributed by atoms with Crippen LogP contribution in [0.25, 0.3) is 0 Å². The Kier molecular flexibility index (Phi) is 3.87. The summed E-state index contributed by atoms with van der Waals surface area (Å²) in [4.78, 5) is 42.1. The van der Waals surface area contributed by atoms with Crippen molar-refractivity contribution in [3.8, 4) is 0 Å². The van der Waals surface area contributed by atoms with Crippen molar-refractivity contribution in [2.45, 2.75) is 30.8 Å². The van der Waals surface area contributed by atoms with Crippen molar-refractivity contribution in [1.29, 1.82) is 0 Å². The lowest BCUT2D eigenvalue weighted by Gasteiger charge is -2.41. The molecule has 1 N–H and O–H groups in total. The van der Waals surface area contributed by atoms with Crippen molar-refractivity contribution >= 4 is 35.1 Å². The first-order chi connectivity index (χ1) is 12.3. The van der Waals surface area contributed by atoms with Gasteiger partial charge in [0.25, 0.3) is 5.91 Å². The van der Waals surface area contributed by atoms with Gasteiger partial charge in [-0.25, -0.2) is 4.79 Å². The predicted octanol–water partition coefficient (Wildman–Crippen LogP) is 1.56. The third kappa shape index (κ3) is 2.37. The number of piperidine rings is 1. The van der Waals surface area contributed by atoms with Crippen LogP contribution in [0.5, 0.6) is 0 Å². The molecule has 1 atom stereocenters. The van der Waals surface area contributed by atoms with Gasteiger partial charge in [0.15, 0.2) is 0 Å². The summed E-state index contributed by atoms with van der Waals surface area (Å²) >= 11 is 6.03. The second-order valence-corrected chi connectivity index (χ2v) is 7.70. The van der Waals surface area contributed by atoms with Gasteiger partial charge in [0.05, 0.1) is 0 Å². The SMILES string of the molecule is CN1C(=O)N(C)C2(CCN(C(=O)C3Cc4cc(Cl)ccc4N3)CC2)C1=O. The number of fused-ring (bicyclic) bond motifs is 1. The predicted molar refractivity (Wildman–Crippen MR) is 97.0 cm³/mol. The summed E-state index contributed by atoms with van der Waals surface area (Å²) in [5, 5.41) is 3.92. The Morgan fingerprint density at radius 1 is 1.23 bits per heavy atom. The number of likely N-dealkylation sites (N-methyl/N-ethyl adjacent to an activating group) is 2. The maximum Gasteiger partial charge on any atom is 0.327 e. The lowest BCUT2D eigenvalue weighted by Crippen LogP contribution is -2.57. The first kappa shape index (κ1) is 17.1. The summed E-state index contributed by atoms with van der Waals surface area (Å²) < 4.78 is 0. The Labute approximate surface area is 156 Å². The van der Waals surface area contributed by atoms with Crippen LogP contribution in [0, 0.1) is 0 Å². The number of rotatable bonds is 1. The molecule has 1 spiro atoms. The zero-order valence-electron chi connectivity index (χ0n) is 14.8. The molecule has 2 saturated heterocycles. The monoisotopic (exact) mass is 376 g/mol. The highest BCUT2D eigenvalue weighted by atomic mass is 35.5. The highest BCUT2D eigenvalue weighted by Gasteiger charge is 2.55. The molecular weight excluding hydrogens is 356 g/mol. The molecule has 3 heterocycles. The summed E-state index contributed by atoms with van der Waals surface area (Å²) in [7, 11) is 3.18. The minimum absolute atomic E-state index is 0.0277. The highest BCUT2D eigenvalue weighted by Crippen LogP contribution is 2.36. The van der Waals surface area contributed by atoms with E-state index in [4.69, 9.17) is 11.6 Å². The fourth-order valence-corrected chi connectivity index (χ4v) is 4.49. The third-order valence-electron chi connectivity index (χ3n) is 5.94. The average Bonchev–Trinajstić information content (AvgIpc) is 3.13. The number of nitrogens with one attached hydrogen (secondary N) is 1. The second kappa shape index (κ2) is 5.87. The quantitative estimate of drug-likeness (QED) is 0.755. The molecule has 26 heavy (non-hydrogen) atoms. The summed E-state index contributed by atoms with van der Waals surface area (Å²) in [5.41, 5.74) is 1.18. The van der Waals surface area contributed by atoms with Crippen LogP contribution in [0.3, 0.4) is 0 Å². The average molecular weight is 377 g/mol. The van der Waals surface area contributed by atoms with Crippen molar-refractivity contribution in [2.24, 2.45) is 0 Å². The summed E-state index contributed by atoms with van der Waals surface area (Å²) in [6.45, 7) is 0.927. The molecule has 0 radical (unpaired) electrons. The number of anilines is 1. The van der Waals surface area contributed by atoms with Crippen LogP contribution in [-0.2, 0) is 16.0 Å². The summed E-state index contributed by atoms with van der Waals surface area (Å²) in [6.07, 6.45) is 1.54. The number of halogens is 1. The van der Waals surface area contributed by atoms with Gasteiger partial charge in [-0.05, 0) is 36.6 Å². The van der Waals surface area contributed by atoms with Crippen molar-refractivity contribution in [3.05, 3.63) is 28.8 Å². The van der Waals surface area contributed by atoms with Crippen molar-refractivity contribution in [2.75, 3.05) is 32.5 Å². The van der Waals surface area contributed by atoms with Gasteiger partial charge in [-0.2, -0.15) is 0 Å². The topological polar surface area (TPSA) is 73.0 Å². The number of carbonyl (C=O) groups excluding carboxylic acids is 3. The van der Waals surface area contributed by atoms with Crippen molar-refractivity contribution < 1.29 is 14.4 Å². The van der Waals surface area contributed by atoms with Crippen LogP contribution in [0.2, 0.25) is 5.02 Å². The van der Waals surface area contributed by atoms with Crippen molar-refractivity contribution in [3.63, 3.8) is 0 Å². The largest absolute Gasteiger partial charge is 0.373 e. The van der Waals surface area contributed by atoms with Crippen LogP contribution in [0.4, 0.5) is 10.5 Å². The van der Waals surface area contributed by atoms with E-state index >= 15 is 0 Å². The minimum atomic E-state index is -0.803. The number of hydrogen-bond acceptors (Lipinski definition) is 4. The number of nitrogens with zero attached hydrogens (tertiary/aromatic N) is 3. The molecule has 0 aliphatic carbocycles. The third-order valence-corrected chi connectivity index (χ3v) is 6.18. The molecule has 1 aromatic rings. The molecule has 0 aromatic heterocycles. The zero-order valence-corrected chi connectivity index (χ0v) is 15.5. The van der Waals surface area contributed by atoms with Crippen LogP contribution in [0.1, 0.15) is 18.4 Å². The van der Waals surface area contributed by atoms with E-state index in [1.54, 1.807) is 18.0 Å². The number of carbonyl (C=O) groups is 3. The molecule has 4 rings (SSSR count). The highest BCUT2D eigenvalue weighted by molar-refractivity contribution is 6.30. The van der Waals surface area contributed by atoms with E-state index in [0.29, 0.717) is 37.4 Å². The van der Waals surface area contributed by atoms with Gasteiger partial charge in [-0.15, -0.1) is 0 Å². The Hall–Kier alpha value is -2.28. The maximum atomic E-state index is 12.9. The van der Waals surface area contributed by atoms with Gasteiger partial charge >= 0.3 is 6.03 Å². The van der Waals surface area contributed by atoms with Gasteiger partial charge in [0.1, 0.15) is 11.6 Å². The zero-order chi connectivity index (χ0) is 18.6. The fraction of sp³-hybridized carbons (Fsp3) is 0.500. The molecule has 0 bridgehead atoms. The van der Waals surface area contributed by atoms with Gasteiger partial charge in [-0.1, -0.05) is 11.6 Å². The Bertz CT molecular complexity index is 804. The second-order valence-electron chi connectivity index (χ2n) is 7.27. The number of urea groups is 1. The number of benzene rings is 1. The molecule has 7 nitrogen and oxygen atoms in total. The standard InChI is InChI=1S/C18H21ClN4O3/c1-21-16(25)18(22(2)17(21)26)5-7-23(8-6-18)15(24)14-10-11-9-12(19)3-4-13(11)20-14/h3-4,9,14,20H,5-8,10H2,1-2H3. The van der Waals surface area contributed by atoms with E-state index in [1.807, 2.05) is 12.1 Å². The molecule has 3 aliphatic rings. The van der Waals surface area contributed by atoms with Gasteiger partial charge in [0.2, 0.25) is 5.91 Å².